The monoisotopic (exact) mass is 394 g/mol. The van der Waals surface area contributed by atoms with Crippen LogP contribution in [0.25, 0.3) is 0 Å². The lowest BCUT2D eigenvalue weighted by atomic mass is 10.0. The van der Waals surface area contributed by atoms with Crippen molar-refractivity contribution in [3.8, 4) is 12.3 Å². The van der Waals surface area contributed by atoms with Crippen molar-refractivity contribution in [3.05, 3.63) is 45.8 Å². The maximum atomic E-state index is 14.2. The van der Waals surface area contributed by atoms with Crippen molar-refractivity contribution in [2.75, 3.05) is 7.11 Å². The molecule has 0 radical (unpaired) electrons. The molecule has 0 N–H and O–H groups in total. The molecule has 0 bridgehead atoms. The lowest BCUT2D eigenvalue weighted by Crippen LogP contribution is -2.14. The van der Waals surface area contributed by atoms with Gasteiger partial charge in [0.2, 0.25) is 0 Å². The third-order valence-electron chi connectivity index (χ3n) is 5.28. The number of allylic oxidation sites excluding steroid dienone is 1. The van der Waals surface area contributed by atoms with Crippen LogP contribution in [0.4, 0.5) is 13.2 Å². The molecule has 2 rings (SSSR count). The summed E-state index contributed by atoms with van der Waals surface area (Å²) in [5.74, 6) is -4.12. The molecule has 0 saturated heterocycles. The largest absolute Gasteiger partial charge is 0.466 e. The first-order valence-electron chi connectivity index (χ1n) is 8.54. The zero-order valence-corrected chi connectivity index (χ0v) is 16.3. The molecule has 0 heterocycles. The molecule has 1 aliphatic carbocycles. The number of hydrogen-bond donors (Lipinski definition) is 0. The second-order valence-corrected chi connectivity index (χ2v) is 7.34. The summed E-state index contributed by atoms with van der Waals surface area (Å²) in [6, 6.07) is 0. The van der Waals surface area contributed by atoms with Crippen molar-refractivity contribution in [1.29, 1.82) is 0 Å². The van der Waals surface area contributed by atoms with Gasteiger partial charge in [0.05, 0.1) is 18.6 Å². The van der Waals surface area contributed by atoms with E-state index in [0.29, 0.717) is 5.57 Å². The Labute approximate surface area is 161 Å². The second kappa shape index (κ2) is 7.70. The van der Waals surface area contributed by atoms with Crippen molar-refractivity contribution in [2.24, 2.45) is 17.3 Å². The molecule has 1 saturated carbocycles. The lowest BCUT2D eigenvalue weighted by Gasteiger charge is -2.12. The summed E-state index contributed by atoms with van der Waals surface area (Å²) in [6.07, 6.45) is 6.63. The molecular weight excluding hydrogens is 373 g/mol. The predicted octanol–water partition coefficient (Wildman–Crippen LogP) is 3.83. The lowest BCUT2D eigenvalue weighted by molar-refractivity contribution is -0.147. The maximum absolute atomic E-state index is 14.2. The highest BCUT2D eigenvalue weighted by Crippen LogP contribution is 2.60. The molecule has 0 spiro atoms. The molecule has 28 heavy (non-hydrogen) atoms. The smallest absolute Gasteiger partial charge is 0.333 e. The molecule has 1 aliphatic rings. The number of rotatable bonds is 5. The Bertz CT molecular complexity index is 880. The Hall–Kier alpha value is -2.75. The van der Waals surface area contributed by atoms with Gasteiger partial charge in [0.15, 0.2) is 11.6 Å². The highest BCUT2D eigenvalue weighted by Gasteiger charge is 2.61. The van der Waals surface area contributed by atoms with Gasteiger partial charge in [0.1, 0.15) is 12.4 Å². The van der Waals surface area contributed by atoms with Crippen LogP contribution in [0.1, 0.15) is 37.5 Å². The standard InChI is InChI=1S/C21H21F3O4/c1-7-12-16(22)11(3)13(18(24)17(12)23)9-28-20(26)15-14(21(15,4)5)8-10(2)19(25)27-6/h1,8,14-15H,9H2,2-6H3/b10-8+/t14-,15+/m1/s1. The topological polar surface area (TPSA) is 52.6 Å². The van der Waals surface area contributed by atoms with Gasteiger partial charge in [0, 0.05) is 11.1 Å². The van der Waals surface area contributed by atoms with Crippen LogP contribution < -0.4 is 0 Å². The Morgan fingerprint density at radius 1 is 1.21 bits per heavy atom. The first-order valence-corrected chi connectivity index (χ1v) is 8.54. The summed E-state index contributed by atoms with van der Waals surface area (Å²) in [6.45, 7) is 5.80. The van der Waals surface area contributed by atoms with Crippen LogP contribution in [0.3, 0.4) is 0 Å². The van der Waals surface area contributed by atoms with E-state index in [4.69, 9.17) is 11.2 Å². The molecule has 0 amide bonds. The van der Waals surface area contributed by atoms with Crippen LogP contribution in [0, 0.1) is 54.0 Å². The van der Waals surface area contributed by atoms with Crippen molar-refractivity contribution in [2.45, 2.75) is 34.3 Å². The van der Waals surface area contributed by atoms with E-state index in [9.17, 15) is 22.8 Å². The Kier molecular flexibility index (Phi) is 5.93. The predicted molar refractivity (Wildman–Crippen MR) is 95.3 cm³/mol. The quantitative estimate of drug-likeness (QED) is 0.330. The van der Waals surface area contributed by atoms with Crippen LogP contribution in [0.2, 0.25) is 0 Å². The number of hydrogen-bond acceptors (Lipinski definition) is 4. The van der Waals surface area contributed by atoms with E-state index >= 15 is 0 Å². The maximum Gasteiger partial charge on any atom is 0.333 e. The fourth-order valence-corrected chi connectivity index (χ4v) is 3.29. The number of benzene rings is 1. The number of ether oxygens (including phenoxy) is 2. The summed E-state index contributed by atoms with van der Waals surface area (Å²) >= 11 is 0. The highest BCUT2D eigenvalue weighted by atomic mass is 19.2. The van der Waals surface area contributed by atoms with E-state index in [1.54, 1.807) is 18.9 Å². The van der Waals surface area contributed by atoms with E-state index in [-0.39, 0.29) is 11.5 Å². The fraction of sp³-hybridized carbons (Fsp3) is 0.429. The van der Waals surface area contributed by atoms with Gasteiger partial charge < -0.3 is 9.47 Å². The van der Waals surface area contributed by atoms with Gasteiger partial charge >= 0.3 is 11.9 Å². The number of carbonyl (C=O) groups is 2. The van der Waals surface area contributed by atoms with E-state index in [1.165, 1.54) is 14.0 Å². The van der Waals surface area contributed by atoms with Gasteiger partial charge in [-0.3, -0.25) is 4.79 Å². The minimum absolute atomic E-state index is 0.215. The Morgan fingerprint density at radius 2 is 1.82 bits per heavy atom. The normalized spacial score (nSPS) is 20.3. The number of esters is 2. The first kappa shape index (κ1) is 21.5. The van der Waals surface area contributed by atoms with Crippen molar-refractivity contribution in [1.82, 2.24) is 0 Å². The zero-order valence-electron chi connectivity index (χ0n) is 16.3. The second-order valence-electron chi connectivity index (χ2n) is 7.34. The number of halogens is 3. The van der Waals surface area contributed by atoms with Crippen LogP contribution in [0.15, 0.2) is 11.6 Å². The molecule has 0 unspecified atom stereocenters. The van der Waals surface area contributed by atoms with Crippen LogP contribution >= 0.6 is 0 Å². The molecule has 7 heteroatoms. The third-order valence-corrected chi connectivity index (χ3v) is 5.28. The molecule has 0 aliphatic heterocycles. The van der Waals surface area contributed by atoms with Crippen LogP contribution in [-0.2, 0) is 25.7 Å². The third kappa shape index (κ3) is 3.64. The number of carbonyl (C=O) groups excluding carboxylic acids is 2. The minimum Gasteiger partial charge on any atom is -0.466 e. The molecule has 4 nitrogen and oxygen atoms in total. The fourth-order valence-electron chi connectivity index (χ4n) is 3.29. The SMILES string of the molecule is C#Cc1c(F)c(C)c(COC(=O)[C@@H]2[C@@H](/C=C(\C)C(=O)OC)C2(C)C)c(F)c1F. The Morgan fingerprint density at radius 3 is 2.36 bits per heavy atom. The molecular formula is C21H21F3O4. The molecule has 0 aromatic heterocycles. The Balaban J connectivity index is 2.18. The van der Waals surface area contributed by atoms with Crippen molar-refractivity contribution < 1.29 is 32.2 Å². The van der Waals surface area contributed by atoms with Gasteiger partial charge in [-0.1, -0.05) is 25.8 Å². The van der Waals surface area contributed by atoms with Gasteiger partial charge in [-0.2, -0.15) is 0 Å². The van der Waals surface area contributed by atoms with E-state index in [1.807, 2.05) is 13.8 Å². The summed E-state index contributed by atoms with van der Waals surface area (Å²) in [5, 5.41) is 0. The molecule has 2 atom stereocenters. The number of terminal acetylenes is 1. The average Bonchev–Trinajstić information content (AvgIpc) is 3.19. The van der Waals surface area contributed by atoms with Crippen LogP contribution in [0.5, 0.6) is 0 Å². The average molecular weight is 394 g/mol. The van der Waals surface area contributed by atoms with Crippen molar-refractivity contribution >= 4 is 11.9 Å². The summed E-state index contributed by atoms with van der Waals surface area (Å²) in [4.78, 5) is 24.0. The summed E-state index contributed by atoms with van der Waals surface area (Å²) in [7, 11) is 1.25. The van der Waals surface area contributed by atoms with E-state index in [2.05, 4.69) is 4.74 Å². The van der Waals surface area contributed by atoms with Crippen molar-refractivity contribution in [3.63, 3.8) is 0 Å². The number of methoxy groups -OCH3 is 1. The van der Waals surface area contributed by atoms with Gasteiger partial charge in [0.25, 0.3) is 0 Å². The molecule has 1 fully saturated rings. The van der Waals surface area contributed by atoms with Gasteiger partial charge in [-0.25, -0.2) is 18.0 Å². The van der Waals surface area contributed by atoms with Gasteiger partial charge in [-0.05, 0) is 30.7 Å². The summed E-state index contributed by atoms with van der Waals surface area (Å²) in [5.41, 5.74) is -1.54. The zero-order chi connectivity index (χ0) is 21.4. The molecule has 1 aromatic rings. The summed E-state index contributed by atoms with van der Waals surface area (Å²) < 4.78 is 51.9. The van der Waals surface area contributed by atoms with Crippen LogP contribution in [-0.4, -0.2) is 19.0 Å². The first-order chi connectivity index (χ1) is 13.0. The molecule has 150 valence electrons. The van der Waals surface area contributed by atoms with E-state index < -0.39 is 58.5 Å². The van der Waals surface area contributed by atoms with Gasteiger partial charge in [-0.15, -0.1) is 6.42 Å². The van der Waals surface area contributed by atoms with E-state index in [0.717, 1.165) is 0 Å². The molecule has 1 aromatic carbocycles. The minimum atomic E-state index is -1.49. The highest BCUT2D eigenvalue weighted by molar-refractivity contribution is 5.88.